The first-order chi connectivity index (χ1) is 8.91. The minimum Gasteiger partial charge on any atom is -0.494 e. The molecule has 0 saturated heterocycles. The Labute approximate surface area is 105 Å². The highest BCUT2D eigenvalue weighted by molar-refractivity contribution is 5.45. The number of H-pyrrole nitrogens is 1. The van der Waals surface area contributed by atoms with E-state index in [0.29, 0.717) is 0 Å². The number of aromatic amines is 1. The van der Waals surface area contributed by atoms with Gasteiger partial charge in [-0.05, 0) is 13.0 Å². The lowest BCUT2D eigenvalue weighted by Gasteiger charge is -2.08. The number of non-ortho nitro benzene ring substituents is 1. The predicted molar refractivity (Wildman–Crippen MR) is 65.7 cm³/mol. The molecule has 8 nitrogen and oxygen atoms in total. The van der Waals surface area contributed by atoms with E-state index in [-0.39, 0.29) is 16.9 Å². The van der Waals surface area contributed by atoms with Crippen LogP contribution >= 0.6 is 0 Å². The molecule has 1 heterocycles. The van der Waals surface area contributed by atoms with E-state index < -0.39 is 22.1 Å². The first-order valence-corrected chi connectivity index (χ1v) is 5.21. The number of hydrogen-bond acceptors (Lipinski definition) is 5. The molecule has 2 aromatic rings. The lowest BCUT2D eigenvalue weighted by Crippen LogP contribution is -2.30. The molecule has 0 atom stereocenters. The zero-order valence-corrected chi connectivity index (χ0v) is 9.78. The lowest BCUT2D eigenvalue weighted by molar-refractivity contribution is -0.384. The highest BCUT2D eigenvalue weighted by atomic mass is 16.6. The number of rotatable bonds is 2. The summed E-state index contributed by atoms with van der Waals surface area (Å²) < 4.78 is 0.795. The Morgan fingerprint density at radius 3 is 2.68 bits per heavy atom. The van der Waals surface area contributed by atoms with Crippen molar-refractivity contribution in [3.63, 3.8) is 0 Å². The van der Waals surface area contributed by atoms with E-state index in [9.17, 15) is 24.8 Å². The molecule has 0 amide bonds. The highest BCUT2D eigenvalue weighted by Crippen LogP contribution is 2.19. The molecule has 0 aliphatic carbocycles. The lowest BCUT2D eigenvalue weighted by atomic mass is 10.2. The van der Waals surface area contributed by atoms with Crippen molar-refractivity contribution in [1.29, 1.82) is 0 Å². The fraction of sp³-hybridized carbons (Fsp3) is 0.0909. The van der Waals surface area contributed by atoms with Crippen molar-refractivity contribution >= 4 is 5.69 Å². The summed E-state index contributed by atoms with van der Waals surface area (Å²) in [5.74, 6) is -0.547. The van der Waals surface area contributed by atoms with Crippen LogP contribution in [0.4, 0.5) is 5.69 Å². The number of aromatic nitrogens is 2. The molecular formula is C11H9N3O5. The van der Waals surface area contributed by atoms with Crippen molar-refractivity contribution in [2.45, 2.75) is 6.92 Å². The summed E-state index contributed by atoms with van der Waals surface area (Å²) >= 11 is 0. The molecule has 8 heteroatoms. The minimum absolute atomic E-state index is 0.0499. The van der Waals surface area contributed by atoms with Gasteiger partial charge in [0.2, 0.25) is 5.88 Å². The van der Waals surface area contributed by atoms with E-state index in [4.69, 9.17) is 0 Å². The van der Waals surface area contributed by atoms with Crippen LogP contribution in [0.15, 0.2) is 33.9 Å². The molecule has 98 valence electrons. The van der Waals surface area contributed by atoms with Gasteiger partial charge < -0.3 is 5.11 Å². The van der Waals surface area contributed by atoms with Gasteiger partial charge in [0, 0.05) is 12.1 Å². The van der Waals surface area contributed by atoms with Gasteiger partial charge in [-0.25, -0.2) is 9.36 Å². The summed E-state index contributed by atoms with van der Waals surface area (Å²) in [4.78, 5) is 35.0. The highest BCUT2D eigenvalue weighted by Gasteiger charge is 2.14. The Bertz CT molecular complexity index is 775. The Morgan fingerprint density at radius 1 is 1.37 bits per heavy atom. The van der Waals surface area contributed by atoms with Gasteiger partial charge >= 0.3 is 5.69 Å². The summed E-state index contributed by atoms with van der Waals surface area (Å²) in [7, 11) is 0. The van der Waals surface area contributed by atoms with Crippen molar-refractivity contribution in [2.75, 3.05) is 0 Å². The van der Waals surface area contributed by atoms with Gasteiger partial charge in [0.05, 0.1) is 16.2 Å². The van der Waals surface area contributed by atoms with E-state index in [1.807, 2.05) is 4.98 Å². The molecule has 0 bridgehead atoms. The van der Waals surface area contributed by atoms with Gasteiger partial charge in [0.15, 0.2) is 0 Å². The van der Waals surface area contributed by atoms with Gasteiger partial charge in [-0.15, -0.1) is 0 Å². The van der Waals surface area contributed by atoms with Gasteiger partial charge in [0.1, 0.15) is 0 Å². The monoisotopic (exact) mass is 263 g/mol. The average Bonchev–Trinajstić information content (AvgIpc) is 2.36. The van der Waals surface area contributed by atoms with Crippen LogP contribution in [0, 0.1) is 17.0 Å². The van der Waals surface area contributed by atoms with Crippen LogP contribution < -0.4 is 11.2 Å². The molecule has 0 unspecified atom stereocenters. The molecule has 1 aromatic heterocycles. The number of benzene rings is 1. The maximum atomic E-state index is 11.7. The maximum absolute atomic E-state index is 11.7. The summed E-state index contributed by atoms with van der Waals surface area (Å²) in [5.41, 5.74) is -1.76. The summed E-state index contributed by atoms with van der Waals surface area (Å²) in [6.07, 6.45) is 0. The fourth-order valence-electron chi connectivity index (χ4n) is 1.60. The molecule has 2 N–H and O–H groups in total. The smallest absolute Gasteiger partial charge is 0.335 e. The topological polar surface area (TPSA) is 118 Å². The molecule has 0 saturated carbocycles. The fourth-order valence-corrected chi connectivity index (χ4v) is 1.60. The molecule has 0 fully saturated rings. The van der Waals surface area contributed by atoms with E-state index >= 15 is 0 Å². The second-order valence-corrected chi connectivity index (χ2v) is 3.82. The second-order valence-electron chi connectivity index (χ2n) is 3.82. The number of nitrogens with one attached hydrogen (secondary N) is 1. The third-order valence-electron chi connectivity index (χ3n) is 2.61. The number of nitrogens with zero attached hydrogens (tertiary/aromatic N) is 2. The van der Waals surface area contributed by atoms with Crippen LogP contribution in [0.2, 0.25) is 0 Å². The van der Waals surface area contributed by atoms with Crippen LogP contribution in [0.3, 0.4) is 0 Å². The predicted octanol–water partition coefficient (Wildman–Crippen LogP) is 0.448. The standard InChI is InChI=1S/C11H9N3O5/c1-6-9(15)12-11(17)13(10(6)16)7-3-2-4-8(5-7)14(18)19/h2-5,16H,1H3,(H,12,15,17). The van der Waals surface area contributed by atoms with Crippen LogP contribution in [0.1, 0.15) is 5.56 Å². The molecule has 1 aromatic carbocycles. The maximum Gasteiger partial charge on any atom is 0.335 e. The number of nitro benzene ring substituents is 1. The Hall–Kier alpha value is -2.90. The van der Waals surface area contributed by atoms with Crippen LogP contribution in [0.25, 0.3) is 5.69 Å². The number of hydrogen-bond donors (Lipinski definition) is 2. The molecule has 19 heavy (non-hydrogen) atoms. The summed E-state index contributed by atoms with van der Waals surface area (Å²) in [6, 6.07) is 5.16. The van der Waals surface area contributed by atoms with Crippen molar-refractivity contribution in [1.82, 2.24) is 9.55 Å². The molecule has 0 spiro atoms. The van der Waals surface area contributed by atoms with E-state index in [1.165, 1.54) is 25.1 Å². The van der Waals surface area contributed by atoms with Crippen LogP contribution in [0.5, 0.6) is 5.88 Å². The SMILES string of the molecule is Cc1c(O)n(-c2cccc([N+](=O)[O-])c2)c(=O)[nH]c1=O. The number of nitro groups is 1. The van der Waals surface area contributed by atoms with Gasteiger partial charge in [0.25, 0.3) is 11.2 Å². The Kier molecular flexibility index (Phi) is 2.91. The minimum atomic E-state index is -0.867. The Morgan fingerprint density at radius 2 is 2.05 bits per heavy atom. The normalized spacial score (nSPS) is 10.4. The zero-order chi connectivity index (χ0) is 14.2. The first kappa shape index (κ1) is 12.6. The largest absolute Gasteiger partial charge is 0.494 e. The van der Waals surface area contributed by atoms with Crippen LogP contribution in [-0.2, 0) is 0 Å². The Balaban J connectivity index is 2.76. The summed E-state index contributed by atoms with van der Waals surface area (Å²) in [6.45, 7) is 1.33. The van der Waals surface area contributed by atoms with Crippen molar-refractivity contribution in [2.24, 2.45) is 0 Å². The van der Waals surface area contributed by atoms with Crippen LogP contribution in [-0.4, -0.2) is 19.6 Å². The van der Waals surface area contributed by atoms with Gasteiger partial charge in [-0.3, -0.25) is 19.9 Å². The van der Waals surface area contributed by atoms with Gasteiger partial charge in [-0.2, -0.15) is 0 Å². The van der Waals surface area contributed by atoms with Crippen molar-refractivity contribution in [3.05, 3.63) is 60.8 Å². The van der Waals surface area contributed by atoms with E-state index in [1.54, 1.807) is 0 Å². The molecule has 0 radical (unpaired) electrons. The molecule has 0 aliphatic heterocycles. The summed E-state index contributed by atoms with van der Waals surface area (Å²) in [5, 5.41) is 20.5. The second kappa shape index (κ2) is 4.41. The van der Waals surface area contributed by atoms with E-state index in [2.05, 4.69) is 0 Å². The third-order valence-corrected chi connectivity index (χ3v) is 2.61. The molecular weight excluding hydrogens is 254 g/mol. The zero-order valence-electron chi connectivity index (χ0n) is 9.78. The third kappa shape index (κ3) is 2.10. The number of aromatic hydroxyl groups is 1. The van der Waals surface area contributed by atoms with Crippen molar-refractivity contribution < 1.29 is 10.0 Å². The van der Waals surface area contributed by atoms with E-state index in [0.717, 1.165) is 10.6 Å². The average molecular weight is 263 g/mol. The van der Waals surface area contributed by atoms with Gasteiger partial charge in [-0.1, -0.05) is 6.07 Å². The molecule has 2 rings (SSSR count). The van der Waals surface area contributed by atoms with Crippen molar-refractivity contribution in [3.8, 4) is 11.6 Å². The quantitative estimate of drug-likeness (QED) is 0.602. The molecule has 0 aliphatic rings. The first-order valence-electron chi connectivity index (χ1n) is 5.21.